The summed E-state index contributed by atoms with van der Waals surface area (Å²) in [7, 11) is 8.07. The second-order valence-corrected chi connectivity index (χ2v) is 4.88. The average molecular weight is 285 g/mol. The molecule has 0 aliphatic carbocycles. The van der Waals surface area contributed by atoms with Crippen LogP contribution in [0.25, 0.3) is 0 Å². The number of hydrogen-bond donors (Lipinski definition) is 0. The molecule has 0 N–H and O–H groups in total. The van der Waals surface area contributed by atoms with E-state index in [0.29, 0.717) is 0 Å². The Bertz CT molecular complexity index is 303. The average Bonchev–Trinajstić information content (AvgIpc) is 2.17. The summed E-state index contributed by atoms with van der Waals surface area (Å²) in [5, 5.41) is 0. The standard InChI is InChI=1S/C12H19ClN2.Ni/c1-14(2)10-12(13,15(3)4)11-8-6-5-7-9-11;/h5-9H,10H2,1-4H3;. The predicted molar refractivity (Wildman–Crippen MR) is 66.2 cm³/mol. The summed E-state index contributed by atoms with van der Waals surface area (Å²) in [6.07, 6.45) is 0. The molecular formula is C12H19ClN2Ni. The van der Waals surface area contributed by atoms with Gasteiger partial charge in [-0.05, 0) is 33.8 Å². The van der Waals surface area contributed by atoms with E-state index in [9.17, 15) is 0 Å². The molecule has 0 aliphatic rings. The molecular weight excluding hydrogens is 266 g/mol. The van der Waals surface area contributed by atoms with Crippen molar-refractivity contribution in [3.63, 3.8) is 0 Å². The van der Waals surface area contributed by atoms with Crippen LogP contribution in [0.4, 0.5) is 0 Å². The third-order valence-electron chi connectivity index (χ3n) is 2.45. The number of halogens is 1. The molecule has 0 saturated carbocycles. The number of likely N-dealkylation sites (N-methyl/N-ethyl adjacent to an activating group) is 2. The second-order valence-electron chi connectivity index (χ2n) is 4.26. The largest absolute Gasteiger partial charge is 0.306 e. The zero-order valence-corrected chi connectivity index (χ0v) is 11.9. The van der Waals surface area contributed by atoms with Crippen LogP contribution in [-0.2, 0) is 21.5 Å². The van der Waals surface area contributed by atoms with Crippen LogP contribution in [0, 0.1) is 0 Å². The Morgan fingerprint density at radius 3 is 1.94 bits per heavy atom. The van der Waals surface area contributed by atoms with E-state index < -0.39 is 5.00 Å². The van der Waals surface area contributed by atoms with Crippen molar-refractivity contribution in [1.82, 2.24) is 9.80 Å². The number of alkyl halides is 1. The topological polar surface area (TPSA) is 6.48 Å². The van der Waals surface area contributed by atoms with Gasteiger partial charge in [0.15, 0.2) is 0 Å². The van der Waals surface area contributed by atoms with Crippen LogP contribution in [0.5, 0.6) is 0 Å². The third kappa shape index (κ3) is 3.74. The fraction of sp³-hybridized carbons (Fsp3) is 0.500. The summed E-state index contributed by atoms with van der Waals surface area (Å²) in [6, 6.07) is 10.2. The number of nitrogens with zero attached hydrogens (tertiary/aromatic N) is 2. The van der Waals surface area contributed by atoms with Crippen molar-refractivity contribution in [2.75, 3.05) is 34.7 Å². The zero-order valence-electron chi connectivity index (χ0n) is 10.2. The Balaban J connectivity index is 0.00000225. The summed E-state index contributed by atoms with van der Waals surface area (Å²) in [4.78, 5) is 3.69. The van der Waals surface area contributed by atoms with Gasteiger partial charge in [-0.25, -0.2) is 0 Å². The molecule has 4 heteroatoms. The minimum absolute atomic E-state index is 0. The van der Waals surface area contributed by atoms with Crippen molar-refractivity contribution in [3.05, 3.63) is 35.9 Å². The smallest absolute Gasteiger partial charge is 0.134 e. The van der Waals surface area contributed by atoms with Gasteiger partial charge in [0.25, 0.3) is 0 Å². The Kier molecular flexibility index (Phi) is 6.58. The summed E-state index contributed by atoms with van der Waals surface area (Å²) in [5.74, 6) is 0. The van der Waals surface area contributed by atoms with Crippen molar-refractivity contribution in [1.29, 1.82) is 0 Å². The molecule has 0 bridgehead atoms. The van der Waals surface area contributed by atoms with E-state index in [1.807, 2.05) is 51.3 Å². The predicted octanol–water partition coefficient (Wildman–Crippen LogP) is 2.20. The van der Waals surface area contributed by atoms with Crippen molar-refractivity contribution in [2.45, 2.75) is 5.00 Å². The minimum atomic E-state index is -0.454. The van der Waals surface area contributed by atoms with Crippen LogP contribution >= 0.6 is 11.6 Å². The number of rotatable bonds is 4. The monoisotopic (exact) mass is 284 g/mol. The van der Waals surface area contributed by atoms with Gasteiger partial charge in [-0.3, -0.25) is 4.90 Å². The Morgan fingerprint density at radius 2 is 1.56 bits per heavy atom. The van der Waals surface area contributed by atoms with Crippen LogP contribution in [0.1, 0.15) is 5.56 Å². The van der Waals surface area contributed by atoms with E-state index in [4.69, 9.17) is 11.6 Å². The molecule has 1 aromatic rings. The van der Waals surface area contributed by atoms with E-state index in [1.54, 1.807) is 0 Å². The molecule has 1 atom stereocenters. The van der Waals surface area contributed by atoms with Crippen molar-refractivity contribution >= 4 is 11.6 Å². The maximum absolute atomic E-state index is 6.68. The molecule has 1 aromatic carbocycles. The molecule has 0 heterocycles. The first-order valence-electron chi connectivity index (χ1n) is 5.03. The van der Waals surface area contributed by atoms with Gasteiger partial charge in [0.2, 0.25) is 0 Å². The second kappa shape index (κ2) is 6.61. The first-order valence-corrected chi connectivity index (χ1v) is 5.41. The van der Waals surface area contributed by atoms with Gasteiger partial charge in [0.1, 0.15) is 5.00 Å². The van der Waals surface area contributed by atoms with E-state index in [1.165, 1.54) is 0 Å². The van der Waals surface area contributed by atoms with Crippen LogP contribution < -0.4 is 0 Å². The molecule has 0 aliphatic heterocycles. The van der Waals surface area contributed by atoms with Gasteiger partial charge in [-0.1, -0.05) is 41.9 Å². The maximum atomic E-state index is 6.68. The Morgan fingerprint density at radius 1 is 1.06 bits per heavy atom. The first-order chi connectivity index (χ1) is 6.97. The van der Waals surface area contributed by atoms with E-state index in [2.05, 4.69) is 17.0 Å². The van der Waals surface area contributed by atoms with Gasteiger partial charge in [0, 0.05) is 23.0 Å². The zero-order chi connectivity index (χ0) is 11.5. The van der Waals surface area contributed by atoms with Crippen LogP contribution in [0.15, 0.2) is 30.3 Å². The van der Waals surface area contributed by atoms with Crippen molar-refractivity contribution in [2.24, 2.45) is 0 Å². The van der Waals surface area contributed by atoms with Crippen LogP contribution in [0.3, 0.4) is 0 Å². The SMILES string of the molecule is CN(C)CC(Cl)(c1ccccc1)N(C)C.[Ni]. The van der Waals surface area contributed by atoms with Crippen LogP contribution in [0.2, 0.25) is 0 Å². The minimum Gasteiger partial charge on any atom is -0.306 e. The van der Waals surface area contributed by atoms with Crippen molar-refractivity contribution in [3.8, 4) is 0 Å². The molecule has 1 rings (SSSR count). The molecule has 1 unspecified atom stereocenters. The molecule has 2 nitrogen and oxygen atoms in total. The summed E-state index contributed by atoms with van der Waals surface area (Å²) < 4.78 is 0. The fourth-order valence-electron chi connectivity index (χ4n) is 1.60. The van der Waals surface area contributed by atoms with Gasteiger partial charge in [-0.2, -0.15) is 0 Å². The molecule has 0 fully saturated rings. The quantitative estimate of drug-likeness (QED) is 0.475. The van der Waals surface area contributed by atoms with Crippen molar-refractivity contribution < 1.29 is 16.5 Å². The summed E-state index contributed by atoms with van der Waals surface area (Å²) >= 11 is 6.68. The Hall–Kier alpha value is -0.0765. The van der Waals surface area contributed by atoms with Gasteiger partial charge in [-0.15, -0.1) is 0 Å². The van der Waals surface area contributed by atoms with Gasteiger partial charge in [0.05, 0.1) is 0 Å². The molecule has 0 amide bonds. The van der Waals surface area contributed by atoms with Gasteiger partial charge < -0.3 is 4.90 Å². The fourth-order valence-corrected chi connectivity index (χ4v) is 1.97. The van der Waals surface area contributed by atoms with E-state index >= 15 is 0 Å². The molecule has 16 heavy (non-hydrogen) atoms. The third-order valence-corrected chi connectivity index (χ3v) is 3.13. The number of benzene rings is 1. The van der Waals surface area contributed by atoms with Crippen LogP contribution in [-0.4, -0.2) is 44.5 Å². The maximum Gasteiger partial charge on any atom is 0.134 e. The normalized spacial score (nSPS) is 14.7. The molecule has 94 valence electrons. The summed E-state index contributed by atoms with van der Waals surface area (Å²) in [5.41, 5.74) is 1.13. The number of hydrogen-bond acceptors (Lipinski definition) is 2. The molecule has 0 saturated heterocycles. The molecule has 0 spiro atoms. The molecule has 0 aromatic heterocycles. The summed E-state index contributed by atoms with van der Waals surface area (Å²) in [6.45, 7) is 0.783. The van der Waals surface area contributed by atoms with E-state index in [-0.39, 0.29) is 16.5 Å². The first kappa shape index (κ1) is 15.9. The van der Waals surface area contributed by atoms with Gasteiger partial charge >= 0.3 is 0 Å². The molecule has 0 radical (unpaired) electrons. The Labute approximate surface area is 113 Å². The van der Waals surface area contributed by atoms with E-state index in [0.717, 1.165) is 12.1 Å².